The van der Waals surface area contributed by atoms with Crippen molar-refractivity contribution in [3.8, 4) is 0 Å². The molecule has 1 aromatic carbocycles. The quantitative estimate of drug-likeness (QED) is 0.379. The topological polar surface area (TPSA) is 64.4 Å². The van der Waals surface area contributed by atoms with E-state index < -0.39 is 0 Å². The predicted octanol–water partition coefficient (Wildman–Crippen LogP) is 2.86. The van der Waals surface area contributed by atoms with E-state index in [1.807, 2.05) is 12.1 Å². The third-order valence-electron chi connectivity index (χ3n) is 3.66. The van der Waals surface area contributed by atoms with Crippen LogP contribution in [0.25, 0.3) is 0 Å². The number of rotatable bonds is 4. The summed E-state index contributed by atoms with van der Waals surface area (Å²) in [5, 5.41) is 3.62. The van der Waals surface area contributed by atoms with Crippen LogP contribution in [-0.2, 0) is 6.42 Å². The van der Waals surface area contributed by atoms with Gasteiger partial charge in [0.2, 0.25) is 0 Å². The lowest BCUT2D eigenvalue weighted by atomic mass is 9.87. The second-order valence-electron chi connectivity index (χ2n) is 4.93. The zero-order chi connectivity index (χ0) is 13.7. The van der Waals surface area contributed by atoms with E-state index in [1.165, 1.54) is 24.1 Å². The zero-order valence-electron chi connectivity index (χ0n) is 11.0. The Morgan fingerprint density at radius 2 is 1.79 bits per heavy atom. The minimum atomic E-state index is -0.194. The van der Waals surface area contributed by atoms with Crippen LogP contribution < -0.4 is 11.6 Å². The summed E-state index contributed by atoms with van der Waals surface area (Å²) < 4.78 is 12.8. The predicted molar refractivity (Wildman–Crippen MR) is 76.0 cm³/mol. The van der Waals surface area contributed by atoms with Gasteiger partial charge in [-0.25, -0.2) is 4.39 Å². The van der Waals surface area contributed by atoms with Gasteiger partial charge in [-0.05, 0) is 61.8 Å². The Bertz CT molecular complexity index is 489. The summed E-state index contributed by atoms with van der Waals surface area (Å²) in [7, 11) is 0. The van der Waals surface area contributed by atoms with Crippen LogP contribution in [0.1, 0.15) is 37.7 Å². The van der Waals surface area contributed by atoms with Crippen LogP contribution in [0.2, 0.25) is 0 Å². The number of nitrogens with zero attached hydrogens (tertiary/aromatic N) is 1. The largest absolute Gasteiger partial charge is 0.382 e. The smallest absolute Gasteiger partial charge is 0.146 e. The van der Waals surface area contributed by atoms with Crippen molar-refractivity contribution in [2.75, 3.05) is 0 Å². The van der Waals surface area contributed by atoms with E-state index in [0.717, 1.165) is 43.2 Å². The maximum Gasteiger partial charge on any atom is 0.146 e. The molecule has 0 saturated heterocycles. The van der Waals surface area contributed by atoms with Gasteiger partial charge >= 0.3 is 0 Å². The Kier molecular flexibility index (Phi) is 4.55. The van der Waals surface area contributed by atoms with E-state index in [-0.39, 0.29) is 5.82 Å². The number of hydrazone groups is 1. The molecule has 0 spiro atoms. The molecule has 1 aliphatic rings. The van der Waals surface area contributed by atoms with E-state index in [2.05, 4.69) is 5.10 Å². The highest BCUT2D eigenvalue weighted by atomic mass is 19.1. The number of hydrogen-bond donors (Lipinski definition) is 2. The Morgan fingerprint density at radius 1 is 1.11 bits per heavy atom. The normalized spacial score (nSPS) is 16.8. The van der Waals surface area contributed by atoms with Crippen molar-refractivity contribution >= 4 is 5.84 Å². The van der Waals surface area contributed by atoms with E-state index >= 15 is 0 Å². The average molecular weight is 261 g/mol. The molecule has 0 heterocycles. The van der Waals surface area contributed by atoms with Crippen LogP contribution in [0.3, 0.4) is 0 Å². The fourth-order valence-corrected chi connectivity index (χ4v) is 2.58. The van der Waals surface area contributed by atoms with Crippen molar-refractivity contribution in [3.63, 3.8) is 0 Å². The van der Waals surface area contributed by atoms with Crippen LogP contribution in [0, 0.1) is 5.82 Å². The standard InChI is InChI=1S/C15H20FN3/c16-13-9-6-11(7-10-13)5-8-12-3-1-2-4-14(12)15(17)19-18/h6-7,9-10H,1-5,8,18H2,(H2,17,19). The summed E-state index contributed by atoms with van der Waals surface area (Å²) in [6, 6.07) is 6.67. The van der Waals surface area contributed by atoms with Gasteiger partial charge < -0.3 is 11.6 Å². The van der Waals surface area contributed by atoms with Crippen LogP contribution in [-0.4, -0.2) is 5.84 Å². The lowest BCUT2D eigenvalue weighted by Crippen LogP contribution is -2.20. The van der Waals surface area contributed by atoms with Crippen molar-refractivity contribution in [2.24, 2.45) is 16.7 Å². The molecule has 1 aliphatic carbocycles. The molecule has 0 bridgehead atoms. The van der Waals surface area contributed by atoms with Gasteiger partial charge in [-0.3, -0.25) is 0 Å². The zero-order valence-corrected chi connectivity index (χ0v) is 11.0. The van der Waals surface area contributed by atoms with E-state index in [9.17, 15) is 4.39 Å². The summed E-state index contributed by atoms with van der Waals surface area (Å²) in [6.45, 7) is 0. The Morgan fingerprint density at radius 3 is 2.47 bits per heavy atom. The number of hydrogen-bond acceptors (Lipinski definition) is 2. The second-order valence-corrected chi connectivity index (χ2v) is 4.93. The molecule has 0 saturated carbocycles. The second kappa shape index (κ2) is 6.36. The molecule has 0 unspecified atom stereocenters. The summed E-state index contributed by atoms with van der Waals surface area (Å²) in [5.74, 6) is 5.55. The van der Waals surface area contributed by atoms with Gasteiger partial charge in [0.15, 0.2) is 0 Å². The van der Waals surface area contributed by atoms with Crippen LogP contribution in [0.5, 0.6) is 0 Å². The van der Waals surface area contributed by atoms with Crippen LogP contribution in [0.4, 0.5) is 4.39 Å². The molecule has 0 aromatic heterocycles. The van der Waals surface area contributed by atoms with E-state index in [4.69, 9.17) is 11.6 Å². The highest BCUT2D eigenvalue weighted by Crippen LogP contribution is 2.28. The number of nitrogens with two attached hydrogens (primary N) is 2. The first-order valence-corrected chi connectivity index (χ1v) is 6.70. The molecule has 2 rings (SSSR count). The minimum absolute atomic E-state index is 0.194. The fourth-order valence-electron chi connectivity index (χ4n) is 2.58. The monoisotopic (exact) mass is 261 g/mol. The summed E-state index contributed by atoms with van der Waals surface area (Å²) in [6.07, 6.45) is 6.21. The number of allylic oxidation sites excluding steroid dienone is 1. The van der Waals surface area contributed by atoms with Crippen LogP contribution >= 0.6 is 0 Å². The molecule has 0 aliphatic heterocycles. The Hall–Kier alpha value is -1.84. The van der Waals surface area contributed by atoms with Crippen molar-refractivity contribution in [1.82, 2.24) is 0 Å². The first-order chi connectivity index (χ1) is 9.20. The van der Waals surface area contributed by atoms with E-state index in [1.54, 1.807) is 0 Å². The molecule has 0 radical (unpaired) electrons. The van der Waals surface area contributed by atoms with Crippen molar-refractivity contribution in [1.29, 1.82) is 0 Å². The lowest BCUT2D eigenvalue weighted by molar-refractivity contribution is 0.626. The van der Waals surface area contributed by atoms with Gasteiger partial charge in [0.1, 0.15) is 11.7 Å². The molecule has 4 heteroatoms. The molecule has 0 amide bonds. The molecule has 0 fully saturated rings. The van der Waals surface area contributed by atoms with Gasteiger partial charge in [-0.1, -0.05) is 17.7 Å². The molecule has 4 N–H and O–H groups in total. The van der Waals surface area contributed by atoms with E-state index in [0.29, 0.717) is 5.84 Å². The Balaban J connectivity index is 2.07. The SMILES string of the molecule is N/N=C(/N)C1=C(CCc2ccc(F)cc2)CCCC1. The Labute approximate surface area is 113 Å². The van der Waals surface area contributed by atoms with Gasteiger partial charge in [-0.15, -0.1) is 0 Å². The molecular formula is C15H20FN3. The fraction of sp³-hybridized carbons (Fsp3) is 0.400. The maximum atomic E-state index is 12.8. The number of benzene rings is 1. The molecular weight excluding hydrogens is 241 g/mol. The molecule has 1 aromatic rings. The minimum Gasteiger partial charge on any atom is -0.382 e. The molecule has 102 valence electrons. The summed E-state index contributed by atoms with van der Waals surface area (Å²) in [4.78, 5) is 0. The van der Waals surface area contributed by atoms with Gasteiger partial charge in [0.25, 0.3) is 0 Å². The highest BCUT2D eigenvalue weighted by Gasteiger charge is 2.15. The highest BCUT2D eigenvalue weighted by molar-refractivity contribution is 5.97. The summed E-state index contributed by atoms with van der Waals surface area (Å²) >= 11 is 0. The van der Waals surface area contributed by atoms with Crippen molar-refractivity contribution < 1.29 is 4.39 Å². The van der Waals surface area contributed by atoms with Crippen LogP contribution in [0.15, 0.2) is 40.5 Å². The van der Waals surface area contributed by atoms with Crippen molar-refractivity contribution in [2.45, 2.75) is 38.5 Å². The molecule has 19 heavy (non-hydrogen) atoms. The summed E-state index contributed by atoms with van der Waals surface area (Å²) in [5.41, 5.74) is 9.46. The molecule has 3 nitrogen and oxygen atoms in total. The van der Waals surface area contributed by atoms with Gasteiger partial charge in [0.05, 0.1) is 0 Å². The third-order valence-corrected chi connectivity index (χ3v) is 3.66. The third kappa shape index (κ3) is 3.56. The number of halogens is 1. The number of aryl methyl sites for hydroxylation is 1. The average Bonchev–Trinajstić information content (AvgIpc) is 2.46. The van der Waals surface area contributed by atoms with Gasteiger partial charge in [-0.2, -0.15) is 5.10 Å². The first kappa shape index (κ1) is 13.6. The van der Waals surface area contributed by atoms with Gasteiger partial charge in [0, 0.05) is 0 Å². The maximum absolute atomic E-state index is 12.8. The van der Waals surface area contributed by atoms with Crippen molar-refractivity contribution in [3.05, 3.63) is 46.8 Å². The lowest BCUT2D eigenvalue weighted by Gasteiger charge is -2.19. The molecule has 0 atom stereocenters. The first-order valence-electron chi connectivity index (χ1n) is 6.70. The number of amidine groups is 1.